The molecule has 0 nitrogen and oxygen atoms in total. The summed E-state index contributed by atoms with van der Waals surface area (Å²) in [5.74, 6) is 0. The van der Waals surface area contributed by atoms with E-state index in [-0.39, 0.29) is 0 Å². The molecule has 1 radical (unpaired) electrons. The van der Waals surface area contributed by atoms with Crippen molar-refractivity contribution in [2.45, 2.75) is 64.7 Å². The van der Waals surface area contributed by atoms with Crippen LogP contribution in [0, 0.1) is 6.58 Å². The highest BCUT2D eigenvalue weighted by Gasteiger charge is 1.89. The summed E-state index contributed by atoms with van der Waals surface area (Å²) >= 11 is 0. The molecule has 0 heteroatoms. The third kappa shape index (κ3) is 15.0. The fourth-order valence-corrected chi connectivity index (χ4v) is 1.83. The Balaban J connectivity index is 3.19. The summed E-state index contributed by atoms with van der Waals surface area (Å²) < 4.78 is 0. The maximum atomic E-state index is 5.21. The van der Waals surface area contributed by atoms with Crippen molar-refractivity contribution in [2.75, 3.05) is 0 Å². The van der Waals surface area contributed by atoms with Gasteiger partial charge in [0.1, 0.15) is 0 Å². The van der Waals surface area contributed by atoms with Gasteiger partial charge in [-0.1, -0.05) is 101 Å². The molecule has 0 heterocycles. The van der Waals surface area contributed by atoms with Crippen molar-refractivity contribution in [1.29, 1.82) is 0 Å². The highest BCUT2D eigenvalue weighted by molar-refractivity contribution is 5.13. The first-order valence-corrected chi connectivity index (χ1v) is 7.45. The normalized spacial score (nSPS) is 12.1. The van der Waals surface area contributed by atoms with E-state index in [1.54, 1.807) is 0 Å². The molecule has 0 aromatic carbocycles. The Kier molecular flexibility index (Phi) is 15.0. The van der Waals surface area contributed by atoms with E-state index < -0.39 is 0 Å². The van der Waals surface area contributed by atoms with Crippen molar-refractivity contribution >= 4 is 0 Å². The molecule has 0 rings (SSSR count). The highest BCUT2D eigenvalue weighted by atomic mass is 14.0. The lowest BCUT2D eigenvalue weighted by molar-refractivity contribution is 0.577. The summed E-state index contributed by atoms with van der Waals surface area (Å²) in [6.07, 6.45) is 26.0. The second kappa shape index (κ2) is 16.0. The van der Waals surface area contributed by atoms with Gasteiger partial charge in [0.2, 0.25) is 0 Å². The average molecular weight is 245 g/mol. The van der Waals surface area contributed by atoms with Gasteiger partial charge in [-0.25, -0.2) is 0 Å². The van der Waals surface area contributed by atoms with Gasteiger partial charge in [0.25, 0.3) is 0 Å². The summed E-state index contributed by atoms with van der Waals surface area (Å²) in [6.45, 7) is 7.48. The Morgan fingerprint density at radius 1 is 0.667 bits per heavy atom. The Morgan fingerprint density at radius 3 is 1.89 bits per heavy atom. The van der Waals surface area contributed by atoms with Gasteiger partial charge in [0, 0.05) is 0 Å². The van der Waals surface area contributed by atoms with Crippen LogP contribution in [0.2, 0.25) is 0 Å². The third-order valence-electron chi connectivity index (χ3n) is 2.92. The molecule has 0 aliphatic heterocycles. The molecule has 0 fully saturated rings. The van der Waals surface area contributed by atoms with E-state index in [1.807, 2.05) is 24.3 Å². The zero-order valence-corrected chi connectivity index (χ0v) is 12.0. The number of hydrogen-bond acceptors (Lipinski definition) is 0. The Labute approximate surface area is 114 Å². The van der Waals surface area contributed by atoms with Crippen LogP contribution in [-0.4, -0.2) is 0 Å². The molecule has 0 aromatic heterocycles. The molecule has 0 aliphatic carbocycles. The zero-order valence-electron chi connectivity index (χ0n) is 12.0. The van der Waals surface area contributed by atoms with Crippen LogP contribution in [0.25, 0.3) is 0 Å². The molecule has 0 unspecified atom stereocenters. The molecule has 0 aliphatic rings. The first-order chi connectivity index (χ1) is 8.91. The van der Waals surface area contributed by atoms with Crippen LogP contribution in [-0.2, 0) is 0 Å². The molecular formula is C18H29. The largest absolute Gasteiger partial charge is 0.0845 e. The first kappa shape index (κ1) is 17.0. The van der Waals surface area contributed by atoms with Gasteiger partial charge < -0.3 is 0 Å². The monoisotopic (exact) mass is 245 g/mol. The van der Waals surface area contributed by atoms with Crippen molar-refractivity contribution in [3.05, 3.63) is 49.1 Å². The predicted octanol–water partition coefficient (Wildman–Crippen LogP) is 6.17. The molecule has 18 heavy (non-hydrogen) atoms. The van der Waals surface area contributed by atoms with E-state index in [9.17, 15) is 0 Å². The molecule has 0 bridgehead atoms. The molecule has 0 N–H and O–H groups in total. The fraction of sp³-hybridized carbons (Fsp3) is 0.556. The van der Waals surface area contributed by atoms with E-state index in [1.165, 1.54) is 63.9 Å². The van der Waals surface area contributed by atoms with E-state index in [0.717, 1.165) is 0 Å². The number of rotatable bonds is 12. The van der Waals surface area contributed by atoms with Crippen molar-refractivity contribution in [1.82, 2.24) is 0 Å². The van der Waals surface area contributed by atoms with Crippen LogP contribution in [0.5, 0.6) is 0 Å². The molecule has 0 spiro atoms. The molecule has 0 atom stereocenters. The van der Waals surface area contributed by atoms with Gasteiger partial charge in [-0.15, -0.1) is 0 Å². The van der Waals surface area contributed by atoms with Gasteiger partial charge in [-0.2, -0.15) is 0 Å². The minimum Gasteiger partial charge on any atom is -0.0845 e. The maximum absolute atomic E-state index is 5.21. The van der Waals surface area contributed by atoms with Crippen molar-refractivity contribution < 1.29 is 0 Å². The number of allylic oxidation sites excluding steroid dienone is 7. The SMILES string of the molecule is [CH]=CC=CC=CC=CCCCCCCCCCC. The van der Waals surface area contributed by atoms with Crippen LogP contribution < -0.4 is 0 Å². The lowest BCUT2D eigenvalue weighted by Gasteiger charge is -1.99. The Hall–Kier alpha value is -1.04. The average Bonchev–Trinajstić information content (AvgIpc) is 2.39. The van der Waals surface area contributed by atoms with Gasteiger partial charge >= 0.3 is 0 Å². The fourth-order valence-electron chi connectivity index (χ4n) is 1.83. The highest BCUT2D eigenvalue weighted by Crippen LogP contribution is 2.09. The lowest BCUT2D eigenvalue weighted by Crippen LogP contribution is -1.79. The summed E-state index contributed by atoms with van der Waals surface area (Å²) in [6, 6.07) is 0. The summed E-state index contributed by atoms with van der Waals surface area (Å²) in [4.78, 5) is 0. The van der Waals surface area contributed by atoms with Gasteiger partial charge in [0.15, 0.2) is 0 Å². The van der Waals surface area contributed by atoms with Crippen LogP contribution in [0.1, 0.15) is 64.7 Å². The van der Waals surface area contributed by atoms with Crippen LogP contribution >= 0.6 is 0 Å². The van der Waals surface area contributed by atoms with Gasteiger partial charge in [0.05, 0.1) is 0 Å². The van der Waals surface area contributed by atoms with E-state index >= 15 is 0 Å². The van der Waals surface area contributed by atoms with Crippen LogP contribution in [0.3, 0.4) is 0 Å². The second-order valence-electron chi connectivity index (χ2n) is 4.65. The molecular weight excluding hydrogens is 216 g/mol. The number of unbranched alkanes of at least 4 members (excludes halogenated alkanes) is 8. The van der Waals surface area contributed by atoms with Gasteiger partial charge in [-0.3, -0.25) is 0 Å². The summed E-state index contributed by atoms with van der Waals surface area (Å²) in [5, 5.41) is 0. The zero-order chi connectivity index (χ0) is 13.3. The summed E-state index contributed by atoms with van der Waals surface area (Å²) in [5.41, 5.74) is 0. The van der Waals surface area contributed by atoms with Crippen molar-refractivity contribution in [3.8, 4) is 0 Å². The van der Waals surface area contributed by atoms with Crippen molar-refractivity contribution in [2.24, 2.45) is 0 Å². The minimum atomic E-state index is 1.20. The Morgan fingerprint density at radius 2 is 1.22 bits per heavy atom. The van der Waals surface area contributed by atoms with Crippen molar-refractivity contribution in [3.63, 3.8) is 0 Å². The van der Waals surface area contributed by atoms with E-state index in [4.69, 9.17) is 6.58 Å². The lowest BCUT2D eigenvalue weighted by atomic mass is 10.1. The van der Waals surface area contributed by atoms with Gasteiger partial charge in [-0.05, 0) is 12.8 Å². The molecule has 101 valence electrons. The molecule has 0 saturated carbocycles. The molecule has 0 aromatic rings. The van der Waals surface area contributed by atoms with E-state index in [2.05, 4.69) is 19.1 Å². The summed E-state index contributed by atoms with van der Waals surface area (Å²) in [7, 11) is 0. The topological polar surface area (TPSA) is 0 Å². The quantitative estimate of drug-likeness (QED) is 0.285. The first-order valence-electron chi connectivity index (χ1n) is 7.45. The standard InChI is InChI=1S/C18H29/c1-3-5-7-9-11-13-15-17-18-16-14-12-10-8-6-4-2/h1,3,5,7,9,11,13,15H,4,6,8,10,12,14,16-18H2,2H3. The van der Waals surface area contributed by atoms with E-state index in [0.29, 0.717) is 0 Å². The smallest absolute Gasteiger partial charge is 0.0348 e. The number of hydrogen-bond donors (Lipinski definition) is 0. The molecule has 0 saturated heterocycles. The predicted molar refractivity (Wildman–Crippen MR) is 83.5 cm³/mol. The second-order valence-corrected chi connectivity index (χ2v) is 4.65. The minimum absolute atomic E-state index is 1.20. The maximum Gasteiger partial charge on any atom is -0.0348 e. The Bertz CT molecular complexity index is 243. The van der Waals surface area contributed by atoms with Crippen LogP contribution in [0.4, 0.5) is 0 Å². The van der Waals surface area contributed by atoms with Crippen LogP contribution in [0.15, 0.2) is 42.5 Å². The third-order valence-corrected chi connectivity index (χ3v) is 2.92. The molecule has 0 amide bonds.